The molecule has 1 aliphatic rings. The minimum absolute atomic E-state index is 0.0719. The number of ether oxygens (including phenoxy) is 2. The average molecular weight is 438 g/mol. The Morgan fingerprint density at radius 3 is 2.65 bits per heavy atom. The molecule has 4 rings (SSSR count). The van der Waals surface area contributed by atoms with E-state index in [2.05, 4.69) is 4.98 Å². The van der Waals surface area contributed by atoms with Crippen LogP contribution in [0.2, 0.25) is 5.02 Å². The van der Waals surface area contributed by atoms with E-state index in [0.29, 0.717) is 27.6 Å². The van der Waals surface area contributed by atoms with Crippen LogP contribution in [0.3, 0.4) is 0 Å². The van der Waals surface area contributed by atoms with Crippen LogP contribution in [-0.2, 0) is 16.1 Å². The van der Waals surface area contributed by atoms with Gasteiger partial charge in [-0.3, -0.25) is 9.78 Å². The zero-order valence-electron chi connectivity index (χ0n) is 17.0. The molecule has 8 heteroatoms. The van der Waals surface area contributed by atoms with Crippen LogP contribution in [0, 0.1) is 6.92 Å². The minimum atomic E-state index is -0.767. The molecule has 7 nitrogen and oxygen atoms in total. The lowest BCUT2D eigenvalue weighted by Gasteiger charge is -2.29. The number of nitrogens with two attached hydrogens (primary N) is 1. The lowest BCUT2D eigenvalue weighted by atomic mass is 9.83. The molecule has 3 heterocycles. The molecule has 0 amide bonds. The van der Waals surface area contributed by atoms with E-state index in [1.165, 1.54) is 7.11 Å². The van der Waals surface area contributed by atoms with Crippen molar-refractivity contribution in [3.05, 3.63) is 104 Å². The summed E-state index contributed by atoms with van der Waals surface area (Å²) in [5.41, 5.74) is 8.26. The number of aromatic nitrogens is 2. The first kappa shape index (κ1) is 20.7. The van der Waals surface area contributed by atoms with Crippen molar-refractivity contribution in [3.63, 3.8) is 0 Å². The van der Waals surface area contributed by atoms with Crippen molar-refractivity contribution in [2.75, 3.05) is 7.11 Å². The molecular formula is C23H20ClN3O4. The van der Waals surface area contributed by atoms with Crippen LogP contribution >= 0.6 is 11.6 Å². The minimum Gasteiger partial charge on any atom is -0.465 e. The van der Waals surface area contributed by atoms with Crippen LogP contribution in [0.1, 0.15) is 28.4 Å². The van der Waals surface area contributed by atoms with Gasteiger partial charge >= 0.3 is 5.97 Å². The molecule has 31 heavy (non-hydrogen) atoms. The number of carbonyl (C=O) groups excluding carboxylic acids is 1. The van der Waals surface area contributed by atoms with Gasteiger partial charge in [-0.15, -0.1) is 0 Å². The number of carbonyl (C=O) groups is 1. The quantitative estimate of drug-likeness (QED) is 0.630. The van der Waals surface area contributed by atoms with E-state index in [4.69, 9.17) is 26.8 Å². The van der Waals surface area contributed by atoms with E-state index in [9.17, 15) is 9.59 Å². The number of rotatable bonds is 4. The molecule has 0 fully saturated rings. The van der Waals surface area contributed by atoms with Crippen molar-refractivity contribution in [1.82, 2.24) is 9.55 Å². The summed E-state index contributed by atoms with van der Waals surface area (Å²) in [5.74, 6) is -1.22. The Morgan fingerprint density at radius 1 is 1.26 bits per heavy atom. The standard InChI is InChI=1S/C23H20ClN3O4/c1-13-11-17-19(22(28)27(13)12-16-5-3-4-10-26-16)18(14-6-8-15(24)9-7-14)20(21(25)31-17)23(29)30-2/h3-11,18H,12,25H2,1-2H3/t18-/m0/s1. The normalized spacial score (nSPS) is 15.3. The van der Waals surface area contributed by atoms with Crippen molar-refractivity contribution in [2.24, 2.45) is 5.73 Å². The van der Waals surface area contributed by atoms with Crippen LogP contribution in [0.15, 0.2) is 71.0 Å². The maximum absolute atomic E-state index is 13.7. The average Bonchev–Trinajstić information content (AvgIpc) is 2.76. The van der Waals surface area contributed by atoms with Gasteiger partial charge in [-0.05, 0) is 36.8 Å². The van der Waals surface area contributed by atoms with Crippen LogP contribution in [0.25, 0.3) is 0 Å². The molecule has 0 saturated carbocycles. The van der Waals surface area contributed by atoms with E-state index >= 15 is 0 Å². The molecule has 3 aromatic rings. The number of methoxy groups -OCH3 is 1. The van der Waals surface area contributed by atoms with Gasteiger partial charge in [0.15, 0.2) is 0 Å². The molecule has 0 unspecified atom stereocenters. The lowest BCUT2D eigenvalue weighted by molar-refractivity contribution is -0.136. The number of pyridine rings is 2. The van der Waals surface area contributed by atoms with Gasteiger partial charge in [0.25, 0.3) is 5.56 Å². The van der Waals surface area contributed by atoms with Gasteiger partial charge in [0, 0.05) is 23.0 Å². The summed E-state index contributed by atoms with van der Waals surface area (Å²) < 4.78 is 12.3. The second-order valence-electron chi connectivity index (χ2n) is 7.13. The van der Waals surface area contributed by atoms with Gasteiger partial charge in [-0.1, -0.05) is 29.8 Å². The second-order valence-corrected chi connectivity index (χ2v) is 7.57. The SMILES string of the molecule is COC(=O)C1=C(N)Oc2cc(C)n(Cc3ccccn3)c(=O)c2[C@@H]1c1ccc(Cl)cc1. The van der Waals surface area contributed by atoms with Crippen molar-refractivity contribution in [1.29, 1.82) is 0 Å². The highest BCUT2D eigenvalue weighted by Crippen LogP contribution is 2.41. The van der Waals surface area contributed by atoms with Gasteiger partial charge in [0.1, 0.15) is 11.3 Å². The number of hydrogen-bond donors (Lipinski definition) is 1. The topological polar surface area (TPSA) is 96.4 Å². The Labute approximate surface area is 183 Å². The number of esters is 1. The lowest BCUT2D eigenvalue weighted by Crippen LogP contribution is -2.35. The Bertz CT molecular complexity index is 1230. The van der Waals surface area contributed by atoms with E-state index < -0.39 is 11.9 Å². The summed E-state index contributed by atoms with van der Waals surface area (Å²) in [7, 11) is 1.26. The van der Waals surface area contributed by atoms with E-state index in [1.807, 2.05) is 18.2 Å². The summed E-state index contributed by atoms with van der Waals surface area (Å²) in [6.07, 6.45) is 1.67. The summed E-state index contributed by atoms with van der Waals surface area (Å²) in [6.45, 7) is 2.08. The predicted molar refractivity (Wildman–Crippen MR) is 116 cm³/mol. The van der Waals surface area contributed by atoms with Gasteiger partial charge in [0.05, 0.1) is 30.8 Å². The number of benzene rings is 1. The van der Waals surface area contributed by atoms with Crippen LogP contribution in [0.4, 0.5) is 0 Å². The Kier molecular flexibility index (Phi) is 5.52. The number of fused-ring (bicyclic) bond motifs is 1. The third-order valence-electron chi connectivity index (χ3n) is 5.22. The molecule has 2 aromatic heterocycles. The number of aryl methyl sites for hydroxylation is 1. The predicted octanol–water partition coefficient (Wildman–Crippen LogP) is 3.12. The molecule has 0 saturated heterocycles. The Balaban J connectivity index is 1.94. The fourth-order valence-corrected chi connectivity index (χ4v) is 3.86. The summed E-state index contributed by atoms with van der Waals surface area (Å²) in [6, 6.07) is 14.1. The van der Waals surface area contributed by atoms with Gasteiger partial charge in [0.2, 0.25) is 5.88 Å². The molecule has 0 aliphatic carbocycles. The zero-order valence-corrected chi connectivity index (χ0v) is 17.7. The number of halogens is 1. The fourth-order valence-electron chi connectivity index (χ4n) is 3.73. The smallest absolute Gasteiger partial charge is 0.340 e. The maximum atomic E-state index is 13.7. The number of nitrogens with zero attached hydrogens (tertiary/aromatic N) is 2. The third-order valence-corrected chi connectivity index (χ3v) is 5.48. The van der Waals surface area contributed by atoms with Crippen LogP contribution in [0.5, 0.6) is 5.75 Å². The Morgan fingerprint density at radius 2 is 2.00 bits per heavy atom. The first-order valence-corrected chi connectivity index (χ1v) is 9.94. The van der Waals surface area contributed by atoms with E-state index in [-0.39, 0.29) is 23.6 Å². The van der Waals surface area contributed by atoms with Gasteiger partial charge in [-0.2, -0.15) is 0 Å². The number of hydrogen-bond acceptors (Lipinski definition) is 6. The zero-order chi connectivity index (χ0) is 22.1. The Hall–Kier alpha value is -3.58. The molecule has 1 aromatic carbocycles. The van der Waals surface area contributed by atoms with Gasteiger partial charge < -0.3 is 19.8 Å². The third kappa shape index (κ3) is 3.80. The van der Waals surface area contributed by atoms with Gasteiger partial charge in [-0.25, -0.2) is 4.79 Å². The molecule has 1 aliphatic heterocycles. The first-order valence-electron chi connectivity index (χ1n) is 9.56. The van der Waals surface area contributed by atoms with Crippen LogP contribution in [-0.4, -0.2) is 22.6 Å². The van der Waals surface area contributed by atoms with Crippen molar-refractivity contribution >= 4 is 17.6 Å². The summed E-state index contributed by atoms with van der Waals surface area (Å²) in [5, 5.41) is 0.532. The molecule has 0 bridgehead atoms. The highest BCUT2D eigenvalue weighted by atomic mass is 35.5. The molecule has 2 N–H and O–H groups in total. The van der Waals surface area contributed by atoms with Crippen molar-refractivity contribution in [3.8, 4) is 5.75 Å². The second kappa shape index (κ2) is 8.28. The van der Waals surface area contributed by atoms with E-state index in [1.54, 1.807) is 48.0 Å². The maximum Gasteiger partial charge on any atom is 0.340 e. The molecule has 158 valence electrons. The molecule has 1 atom stereocenters. The van der Waals surface area contributed by atoms with E-state index in [0.717, 1.165) is 5.69 Å². The fraction of sp³-hybridized carbons (Fsp3) is 0.174. The molecular weight excluding hydrogens is 418 g/mol. The largest absolute Gasteiger partial charge is 0.465 e. The molecule has 0 spiro atoms. The summed E-state index contributed by atoms with van der Waals surface area (Å²) in [4.78, 5) is 30.6. The summed E-state index contributed by atoms with van der Waals surface area (Å²) >= 11 is 6.05. The van der Waals surface area contributed by atoms with Crippen molar-refractivity contribution < 1.29 is 14.3 Å². The first-order chi connectivity index (χ1) is 14.9. The highest BCUT2D eigenvalue weighted by Gasteiger charge is 2.38. The van der Waals surface area contributed by atoms with Crippen molar-refractivity contribution in [2.45, 2.75) is 19.4 Å². The monoisotopic (exact) mass is 437 g/mol. The highest BCUT2D eigenvalue weighted by molar-refractivity contribution is 6.30. The van der Waals surface area contributed by atoms with Crippen LogP contribution < -0.4 is 16.0 Å². The molecule has 0 radical (unpaired) electrons.